The van der Waals surface area contributed by atoms with Crippen molar-refractivity contribution in [2.45, 2.75) is 52.0 Å². The van der Waals surface area contributed by atoms with E-state index < -0.39 is 0 Å². The fraction of sp³-hybridized carbons (Fsp3) is 0.733. The van der Waals surface area contributed by atoms with Gasteiger partial charge in [0.1, 0.15) is 0 Å². The molecule has 0 radical (unpaired) electrons. The molecule has 1 aromatic rings. The van der Waals surface area contributed by atoms with Gasteiger partial charge in [0.05, 0.1) is 6.54 Å². The highest BCUT2D eigenvalue weighted by molar-refractivity contribution is 5.81. The molecule has 1 aliphatic heterocycles. The Labute approximate surface area is 136 Å². The van der Waals surface area contributed by atoms with Crippen molar-refractivity contribution in [3.8, 4) is 0 Å². The molecule has 0 spiro atoms. The maximum atomic E-state index is 11.2. The van der Waals surface area contributed by atoms with Gasteiger partial charge in [-0.2, -0.15) is 4.98 Å². The first-order chi connectivity index (χ1) is 11.1. The molecule has 3 N–H and O–H groups in total. The highest BCUT2D eigenvalue weighted by Crippen LogP contribution is 2.09. The molecular formula is C15H26N6O2. The van der Waals surface area contributed by atoms with Gasteiger partial charge in [0.15, 0.2) is 11.8 Å². The monoisotopic (exact) mass is 322 g/mol. The summed E-state index contributed by atoms with van der Waals surface area (Å²) < 4.78 is 5.21. The number of hydrogen-bond acceptors (Lipinski definition) is 5. The molecule has 0 saturated carbocycles. The number of nitrogens with one attached hydrogen (secondary N) is 3. The second-order valence-electron chi connectivity index (χ2n) is 5.90. The normalized spacial score (nSPS) is 18.9. The summed E-state index contributed by atoms with van der Waals surface area (Å²) >= 11 is 0. The number of nitrogens with zero attached hydrogens (tertiary/aromatic N) is 3. The van der Waals surface area contributed by atoms with Crippen molar-refractivity contribution in [1.82, 2.24) is 26.1 Å². The second kappa shape index (κ2) is 8.50. The summed E-state index contributed by atoms with van der Waals surface area (Å²) in [7, 11) is 0. The van der Waals surface area contributed by atoms with Gasteiger partial charge in [-0.05, 0) is 13.3 Å². The summed E-state index contributed by atoms with van der Waals surface area (Å²) in [5.74, 6) is 2.46. The van der Waals surface area contributed by atoms with Crippen LogP contribution in [0.1, 0.15) is 51.2 Å². The topological polar surface area (TPSA) is 104 Å². The predicted molar refractivity (Wildman–Crippen MR) is 87.2 cm³/mol. The van der Waals surface area contributed by atoms with Crippen molar-refractivity contribution in [1.29, 1.82) is 0 Å². The minimum atomic E-state index is 0.113. The molecule has 0 bridgehead atoms. The van der Waals surface area contributed by atoms with Crippen molar-refractivity contribution in [3.05, 3.63) is 11.7 Å². The minimum Gasteiger partial charge on any atom is -0.357 e. The Morgan fingerprint density at radius 1 is 1.52 bits per heavy atom. The predicted octanol–water partition coefficient (Wildman–Crippen LogP) is 0.569. The number of aromatic nitrogens is 2. The van der Waals surface area contributed by atoms with Crippen LogP contribution in [0.5, 0.6) is 0 Å². The van der Waals surface area contributed by atoms with E-state index >= 15 is 0 Å². The SMILES string of the molecule is CCNC(=NCCc1nc(C(C)C)no1)NC1CCC(=O)NC1. The third-order valence-corrected chi connectivity index (χ3v) is 3.55. The lowest BCUT2D eigenvalue weighted by atomic mass is 10.1. The van der Waals surface area contributed by atoms with Crippen molar-refractivity contribution < 1.29 is 9.32 Å². The van der Waals surface area contributed by atoms with Crippen LogP contribution in [0.15, 0.2) is 9.52 Å². The fourth-order valence-electron chi connectivity index (χ4n) is 2.24. The van der Waals surface area contributed by atoms with Crippen molar-refractivity contribution in [2.75, 3.05) is 19.6 Å². The fourth-order valence-corrected chi connectivity index (χ4v) is 2.24. The van der Waals surface area contributed by atoms with Gasteiger partial charge in [-0.3, -0.25) is 9.79 Å². The first-order valence-corrected chi connectivity index (χ1v) is 8.22. The van der Waals surface area contributed by atoms with Crippen LogP contribution in [0, 0.1) is 0 Å². The lowest BCUT2D eigenvalue weighted by Gasteiger charge is -2.25. The van der Waals surface area contributed by atoms with Gasteiger partial charge in [-0.15, -0.1) is 0 Å². The zero-order valence-corrected chi connectivity index (χ0v) is 14.1. The third-order valence-electron chi connectivity index (χ3n) is 3.55. The van der Waals surface area contributed by atoms with Crippen molar-refractivity contribution >= 4 is 11.9 Å². The summed E-state index contributed by atoms with van der Waals surface area (Å²) in [5, 5.41) is 13.4. The van der Waals surface area contributed by atoms with Gasteiger partial charge >= 0.3 is 0 Å². The number of rotatable bonds is 6. The zero-order valence-electron chi connectivity index (χ0n) is 14.1. The van der Waals surface area contributed by atoms with E-state index in [-0.39, 0.29) is 17.9 Å². The first-order valence-electron chi connectivity index (χ1n) is 8.22. The Balaban J connectivity index is 1.83. The average molecular weight is 322 g/mol. The molecule has 23 heavy (non-hydrogen) atoms. The Hall–Kier alpha value is -2.12. The molecule has 0 aliphatic carbocycles. The lowest BCUT2D eigenvalue weighted by Crippen LogP contribution is -2.51. The molecule has 1 atom stereocenters. The van der Waals surface area contributed by atoms with E-state index in [1.54, 1.807) is 0 Å². The summed E-state index contributed by atoms with van der Waals surface area (Å²) in [6.45, 7) is 8.06. The molecule has 1 amide bonds. The number of hydrogen-bond donors (Lipinski definition) is 3. The Bertz CT molecular complexity index is 530. The molecule has 8 nitrogen and oxygen atoms in total. The first kappa shape index (κ1) is 17.2. The molecular weight excluding hydrogens is 296 g/mol. The molecule has 1 aromatic heterocycles. The highest BCUT2D eigenvalue weighted by atomic mass is 16.5. The van der Waals surface area contributed by atoms with Crippen LogP contribution in [0.3, 0.4) is 0 Å². The largest absolute Gasteiger partial charge is 0.357 e. The molecule has 128 valence electrons. The van der Waals surface area contributed by atoms with E-state index in [0.29, 0.717) is 31.8 Å². The summed E-state index contributed by atoms with van der Waals surface area (Å²) in [5.41, 5.74) is 0. The van der Waals surface area contributed by atoms with Gasteiger partial charge in [0.2, 0.25) is 11.8 Å². The van der Waals surface area contributed by atoms with Crippen LogP contribution in [0.2, 0.25) is 0 Å². The van der Waals surface area contributed by atoms with Gasteiger partial charge in [0.25, 0.3) is 0 Å². The van der Waals surface area contributed by atoms with Gasteiger partial charge in [0, 0.05) is 37.9 Å². The second-order valence-corrected chi connectivity index (χ2v) is 5.90. The van der Waals surface area contributed by atoms with Crippen molar-refractivity contribution in [2.24, 2.45) is 4.99 Å². The lowest BCUT2D eigenvalue weighted by molar-refractivity contribution is -0.122. The van der Waals surface area contributed by atoms with E-state index in [4.69, 9.17) is 4.52 Å². The van der Waals surface area contributed by atoms with Crippen LogP contribution in [0.25, 0.3) is 0 Å². The highest BCUT2D eigenvalue weighted by Gasteiger charge is 2.18. The van der Waals surface area contributed by atoms with E-state index in [0.717, 1.165) is 24.7 Å². The number of carbonyl (C=O) groups is 1. The number of aliphatic imine (C=N–C) groups is 1. The molecule has 1 unspecified atom stereocenters. The van der Waals surface area contributed by atoms with Gasteiger partial charge in [-0.25, -0.2) is 0 Å². The average Bonchev–Trinajstić information content (AvgIpc) is 2.99. The van der Waals surface area contributed by atoms with Crippen LogP contribution >= 0.6 is 0 Å². The van der Waals surface area contributed by atoms with E-state index in [1.165, 1.54) is 0 Å². The molecule has 1 aliphatic rings. The summed E-state index contributed by atoms with van der Waals surface area (Å²) in [6, 6.07) is 0.210. The number of amides is 1. The smallest absolute Gasteiger partial charge is 0.228 e. The Morgan fingerprint density at radius 3 is 2.96 bits per heavy atom. The van der Waals surface area contributed by atoms with Crippen molar-refractivity contribution in [3.63, 3.8) is 0 Å². The number of piperidine rings is 1. The molecule has 1 saturated heterocycles. The minimum absolute atomic E-state index is 0.113. The summed E-state index contributed by atoms with van der Waals surface area (Å²) in [4.78, 5) is 20.1. The standard InChI is InChI=1S/C15H26N6O2/c1-4-16-15(19-11-5-6-12(22)18-9-11)17-8-7-13-20-14(10(2)3)21-23-13/h10-11H,4-9H2,1-3H3,(H,18,22)(H2,16,17,19). The zero-order chi connectivity index (χ0) is 16.7. The molecule has 2 heterocycles. The molecule has 1 fully saturated rings. The number of carbonyl (C=O) groups excluding carboxylic acids is 1. The quantitative estimate of drug-likeness (QED) is 0.522. The van der Waals surface area contributed by atoms with Crippen LogP contribution < -0.4 is 16.0 Å². The maximum Gasteiger partial charge on any atom is 0.228 e. The van der Waals surface area contributed by atoms with Crippen LogP contribution in [-0.4, -0.2) is 47.7 Å². The van der Waals surface area contributed by atoms with Crippen LogP contribution in [0.4, 0.5) is 0 Å². The molecule has 0 aromatic carbocycles. The van der Waals surface area contributed by atoms with E-state index in [9.17, 15) is 4.79 Å². The van der Waals surface area contributed by atoms with E-state index in [2.05, 4.69) is 31.1 Å². The van der Waals surface area contributed by atoms with E-state index in [1.807, 2.05) is 20.8 Å². The van der Waals surface area contributed by atoms with Gasteiger partial charge in [-0.1, -0.05) is 19.0 Å². The van der Waals surface area contributed by atoms with Crippen LogP contribution in [-0.2, 0) is 11.2 Å². The molecule has 8 heteroatoms. The van der Waals surface area contributed by atoms with Gasteiger partial charge < -0.3 is 20.5 Å². The number of guanidine groups is 1. The maximum absolute atomic E-state index is 11.2. The summed E-state index contributed by atoms with van der Waals surface area (Å²) in [6.07, 6.45) is 1.98. The third kappa shape index (κ3) is 5.54. The Kier molecular flexibility index (Phi) is 6.37. The molecule has 2 rings (SSSR count). The Morgan fingerprint density at radius 2 is 2.35 bits per heavy atom.